The molecule has 1 rings (SSSR count). The van der Waals surface area contributed by atoms with Crippen LogP contribution in [-0.4, -0.2) is 22.2 Å². The molecule has 0 spiro atoms. The number of aliphatic carboxylic acids is 2. The summed E-state index contributed by atoms with van der Waals surface area (Å²) in [6.45, 7) is 5.70. The fourth-order valence-corrected chi connectivity index (χ4v) is 3.59. The van der Waals surface area contributed by atoms with Gasteiger partial charge >= 0.3 is 11.9 Å². The molecule has 0 aliphatic heterocycles. The van der Waals surface area contributed by atoms with Gasteiger partial charge in [-0.25, -0.2) is 0 Å². The molecule has 17 heavy (non-hydrogen) atoms. The van der Waals surface area contributed by atoms with Crippen molar-refractivity contribution < 1.29 is 19.8 Å². The summed E-state index contributed by atoms with van der Waals surface area (Å²) in [7, 11) is 0. The van der Waals surface area contributed by atoms with Gasteiger partial charge in [-0.1, -0.05) is 27.2 Å². The molecule has 0 amide bonds. The lowest BCUT2D eigenvalue weighted by Crippen LogP contribution is -2.48. The van der Waals surface area contributed by atoms with Gasteiger partial charge < -0.3 is 10.2 Å². The van der Waals surface area contributed by atoms with E-state index in [2.05, 4.69) is 0 Å². The summed E-state index contributed by atoms with van der Waals surface area (Å²) in [5.74, 6) is -2.28. The van der Waals surface area contributed by atoms with Crippen LogP contribution in [-0.2, 0) is 9.59 Å². The first-order valence-electron chi connectivity index (χ1n) is 6.35. The first kappa shape index (κ1) is 14.0. The van der Waals surface area contributed by atoms with Crippen molar-refractivity contribution >= 4 is 11.9 Å². The van der Waals surface area contributed by atoms with Gasteiger partial charge in [0, 0.05) is 0 Å². The third-order valence-corrected chi connectivity index (χ3v) is 4.38. The van der Waals surface area contributed by atoms with Crippen LogP contribution >= 0.6 is 0 Å². The van der Waals surface area contributed by atoms with Crippen LogP contribution in [0.4, 0.5) is 0 Å². The van der Waals surface area contributed by atoms with Crippen molar-refractivity contribution in [3.05, 3.63) is 0 Å². The van der Waals surface area contributed by atoms with Gasteiger partial charge in [0.1, 0.15) is 0 Å². The van der Waals surface area contributed by atoms with Crippen LogP contribution in [0.5, 0.6) is 0 Å². The summed E-state index contributed by atoms with van der Waals surface area (Å²) in [6, 6.07) is 0. The molecular formula is C13H22O4. The van der Waals surface area contributed by atoms with Crippen LogP contribution in [0.1, 0.15) is 46.5 Å². The van der Waals surface area contributed by atoms with Crippen molar-refractivity contribution in [2.24, 2.45) is 23.2 Å². The molecule has 0 heterocycles. The zero-order valence-corrected chi connectivity index (χ0v) is 10.8. The topological polar surface area (TPSA) is 74.6 Å². The number of hydrogen-bond acceptors (Lipinski definition) is 2. The van der Waals surface area contributed by atoms with Gasteiger partial charge in [0.05, 0.1) is 11.3 Å². The average molecular weight is 242 g/mol. The number of carbonyl (C=O) groups is 2. The highest BCUT2D eigenvalue weighted by atomic mass is 16.4. The first-order chi connectivity index (χ1) is 7.89. The average Bonchev–Trinajstić information content (AvgIpc) is 2.27. The molecule has 98 valence electrons. The quantitative estimate of drug-likeness (QED) is 0.794. The molecular weight excluding hydrogens is 220 g/mol. The normalized spacial score (nSPS) is 37.7. The van der Waals surface area contributed by atoms with Crippen LogP contribution < -0.4 is 0 Å². The molecule has 4 unspecified atom stereocenters. The minimum absolute atomic E-state index is 0.162. The highest BCUT2D eigenvalue weighted by molar-refractivity contribution is 5.78. The molecule has 0 aromatic heterocycles. The van der Waals surface area contributed by atoms with Gasteiger partial charge in [-0.3, -0.25) is 9.59 Å². The third-order valence-electron chi connectivity index (χ3n) is 4.38. The Morgan fingerprint density at radius 3 is 2.24 bits per heavy atom. The standard InChI is InChI=1S/C13H22O4/c1-4-10-9(11(14)15)6-8(3)7-13(10,5-2)12(16)17/h8-10H,4-7H2,1-3H3,(H,14,15)(H,16,17). The molecule has 0 aromatic rings. The molecule has 0 saturated heterocycles. The highest BCUT2D eigenvalue weighted by Crippen LogP contribution is 2.50. The van der Waals surface area contributed by atoms with Crippen LogP contribution in [0.15, 0.2) is 0 Å². The maximum Gasteiger partial charge on any atom is 0.309 e. The molecule has 4 atom stereocenters. The Labute approximate surface area is 102 Å². The second-order valence-electron chi connectivity index (χ2n) is 5.32. The van der Waals surface area contributed by atoms with E-state index in [4.69, 9.17) is 0 Å². The minimum Gasteiger partial charge on any atom is -0.481 e. The second kappa shape index (κ2) is 5.07. The van der Waals surface area contributed by atoms with Crippen molar-refractivity contribution in [2.75, 3.05) is 0 Å². The fourth-order valence-electron chi connectivity index (χ4n) is 3.59. The smallest absolute Gasteiger partial charge is 0.309 e. The lowest BCUT2D eigenvalue weighted by atomic mass is 9.57. The zero-order chi connectivity index (χ0) is 13.2. The largest absolute Gasteiger partial charge is 0.481 e. The van der Waals surface area contributed by atoms with Crippen LogP contribution in [0, 0.1) is 23.2 Å². The van der Waals surface area contributed by atoms with Gasteiger partial charge in [-0.05, 0) is 31.1 Å². The van der Waals surface area contributed by atoms with Gasteiger partial charge in [-0.2, -0.15) is 0 Å². The van der Waals surface area contributed by atoms with Gasteiger partial charge in [0.25, 0.3) is 0 Å². The zero-order valence-electron chi connectivity index (χ0n) is 10.8. The van der Waals surface area contributed by atoms with E-state index >= 15 is 0 Å². The van der Waals surface area contributed by atoms with E-state index in [-0.39, 0.29) is 11.8 Å². The predicted octanol–water partition coefficient (Wildman–Crippen LogP) is 2.62. The highest BCUT2D eigenvalue weighted by Gasteiger charge is 2.52. The van der Waals surface area contributed by atoms with Crippen molar-refractivity contribution in [1.29, 1.82) is 0 Å². The Kier molecular flexibility index (Phi) is 4.17. The van der Waals surface area contributed by atoms with E-state index in [1.807, 2.05) is 20.8 Å². The Balaban J connectivity index is 3.16. The SMILES string of the molecule is CCC1C(C(=O)O)CC(C)CC1(CC)C(=O)O. The number of carboxylic acid groups (broad SMARTS) is 2. The van der Waals surface area contributed by atoms with Crippen LogP contribution in [0.2, 0.25) is 0 Å². The minimum atomic E-state index is -0.852. The Hall–Kier alpha value is -1.06. The lowest BCUT2D eigenvalue weighted by Gasteiger charge is -2.45. The molecule has 1 aliphatic carbocycles. The molecule has 4 heteroatoms. The van der Waals surface area contributed by atoms with E-state index in [1.165, 1.54) is 0 Å². The molecule has 1 saturated carbocycles. The summed E-state index contributed by atoms with van der Waals surface area (Å²) >= 11 is 0. The monoisotopic (exact) mass is 242 g/mol. The van der Waals surface area contributed by atoms with Crippen LogP contribution in [0.3, 0.4) is 0 Å². The lowest BCUT2D eigenvalue weighted by molar-refractivity contribution is -0.166. The maximum atomic E-state index is 11.6. The summed E-state index contributed by atoms with van der Waals surface area (Å²) in [4.78, 5) is 22.9. The second-order valence-corrected chi connectivity index (χ2v) is 5.32. The predicted molar refractivity (Wildman–Crippen MR) is 63.7 cm³/mol. The fraction of sp³-hybridized carbons (Fsp3) is 0.846. The van der Waals surface area contributed by atoms with E-state index in [9.17, 15) is 19.8 Å². The molecule has 1 aliphatic rings. The molecule has 0 bridgehead atoms. The molecule has 1 fully saturated rings. The Morgan fingerprint density at radius 2 is 1.88 bits per heavy atom. The molecule has 2 N–H and O–H groups in total. The summed E-state index contributed by atoms with van der Waals surface area (Å²) in [5.41, 5.74) is -0.852. The summed E-state index contributed by atoms with van der Waals surface area (Å²) < 4.78 is 0. The van der Waals surface area contributed by atoms with Gasteiger partial charge in [0.2, 0.25) is 0 Å². The van der Waals surface area contributed by atoms with Crippen molar-refractivity contribution in [1.82, 2.24) is 0 Å². The first-order valence-corrected chi connectivity index (χ1v) is 6.35. The maximum absolute atomic E-state index is 11.6. The van der Waals surface area contributed by atoms with Crippen LogP contribution in [0.25, 0.3) is 0 Å². The summed E-state index contributed by atoms with van der Waals surface area (Å²) in [6.07, 6.45) is 2.32. The van der Waals surface area contributed by atoms with E-state index in [1.54, 1.807) is 0 Å². The van der Waals surface area contributed by atoms with Crippen molar-refractivity contribution in [2.45, 2.75) is 46.5 Å². The van der Waals surface area contributed by atoms with Crippen molar-refractivity contribution in [3.63, 3.8) is 0 Å². The Morgan fingerprint density at radius 1 is 1.29 bits per heavy atom. The van der Waals surface area contributed by atoms with Crippen molar-refractivity contribution in [3.8, 4) is 0 Å². The van der Waals surface area contributed by atoms with Gasteiger partial charge in [-0.15, -0.1) is 0 Å². The van der Waals surface area contributed by atoms with Gasteiger partial charge in [0.15, 0.2) is 0 Å². The number of carboxylic acids is 2. The number of rotatable bonds is 4. The molecule has 0 radical (unpaired) electrons. The van der Waals surface area contributed by atoms with E-state index in [0.29, 0.717) is 25.7 Å². The van der Waals surface area contributed by atoms with E-state index < -0.39 is 23.3 Å². The third kappa shape index (κ3) is 2.31. The number of hydrogen-bond donors (Lipinski definition) is 2. The molecule has 4 nitrogen and oxygen atoms in total. The van der Waals surface area contributed by atoms with E-state index in [0.717, 1.165) is 0 Å². The Bertz CT molecular complexity index is 313. The summed E-state index contributed by atoms with van der Waals surface area (Å²) in [5, 5.41) is 18.8. The molecule has 0 aromatic carbocycles.